The Morgan fingerprint density at radius 3 is 2.62 bits per heavy atom. The highest BCUT2D eigenvalue weighted by Crippen LogP contribution is 2.45. The van der Waals surface area contributed by atoms with Gasteiger partial charge in [-0.15, -0.1) is 0 Å². The molecule has 3 aliphatic rings. The lowest BCUT2D eigenvalue weighted by atomic mass is 9.90. The molecule has 21 heavy (non-hydrogen) atoms. The van der Waals surface area contributed by atoms with Crippen LogP contribution in [0.5, 0.6) is 0 Å². The maximum absolute atomic E-state index is 13.1. The van der Waals surface area contributed by atoms with Gasteiger partial charge in [0.15, 0.2) is 5.79 Å². The van der Waals surface area contributed by atoms with Gasteiger partial charge in [-0.05, 0) is 24.6 Å². The topological polar surface area (TPSA) is 30.9 Å². The van der Waals surface area contributed by atoms with Crippen molar-refractivity contribution in [3.05, 3.63) is 35.6 Å². The molecule has 0 N–H and O–H groups in total. The zero-order chi connectivity index (χ0) is 14.4. The monoisotopic (exact) mass is 293 g/mol. The maximum Gasteiger partial charge on any atom is 0.171 e. The highest BCUT2D eigenvalue weighted by atomic mass is 19.1. The summed E-state index contributed by atoms with van der Waals surface area (Å²) in [6, 6.07) is 6.83. The van der Waals surface area contributed by atoms with E-state index in [2.05, 4.69) is 11.8 Å². The predicted molar refractivity (Wildman–Crippen MR) is 74.1 cm³/mol. The molecule has 4 nitrogen and oxygen atoms in total. The third-order valence-corrected chi connectivity index (χ3v) is 4.87. The molecule has 0 bridgehead atoms. The molecule has 0 aromatic heterocycles. The second-order valence-electron chi connectivity index (χ2n) is 6.07. The molecule has 3 heterocycles. The second kappa shape index (κ2) is 5.02. The first-order chi connectivity index (χ1) is 10.2. The van der Waals surface area contributed by atoms with E-state index in [0.717, 1.165) is 24.9 Å². The number of nitrogens with zero attached hydrogens (tertiary/aromatic N) is 1. The van der Waals surface area contributed by atoms with Crippen LogP contribution < -0.4 is 0 Å². The van der Waals surface area contributed by atoms with Gasteiger partial charge < -0.3 is 14.2 Å². The minimum absolute atomic E-state index is 0.0504. The molecule has 3 fully saturated rings. The van der Waals surface area contributed by atoms with E-state index in [1.165, 1.54) is 12.1 Å². The molecule has 3 unspecified atom stereocenters. The Balaban J connectivity index is 1.61. The highest BCUT2D eigenvalue weighted by molar-refractivity contribution is 5.22. The lowest BCUT2D eigenvalue weighted by Crippen LogP contribution is -2.51. The molecule has 3 atom stereocenters. The largest absolute Gasteiger partial charge is 0.354 e. The van der Waals surface area contributed by atoms with E-state index < -0.39 is 5.79 Å². The normalized spacial score (nSPS) is 35.2. The van der Waals surface area contributed by atoms with Crippen molar-refractivity contribution in [3.8, 4) is 0 Å². The molecule has 0 saturated carbocycles. The number of hydrogen-bond donors (Lipinski definition) is 0. The van der Waals surface area contributed by atoms with Crippen LogP contribution in [0.1, 0.15) is 31.4 Å². The molecule has 1 spiro atoms. The molecule has 0 radical (unpaired) electrons. The van der Waals surface area contributed by atoms with Crippen LogP contribution in [0.4, 0.5) is 4.39 Å². The van der Waals surface area contributed by atoms with Gasteiger partial charge in [-0.1, -0.05) is 12.1 Å². The number of halogens is 1. The molecule has 0 aliphatic carbocycles. The van der Waals surface area contributed by atoms with Crippen molar-refractivity contribution in [2.24, 2.45) is 0 Å². The molecule has 1 aromatic carbocycles. The van der Waals surface area contributed by atoms with E-state index in [1.54, 1.807) is 0 Å². The molecule has 5 heteroatoms. The van der Waals surface area contributed by atoms with Crippen LogP contribution in [0, 0.1) is 5.82 Å². The van der Waals surface area contributed by atoms with Gasteiger partial charge in [0.2, 0.25) is 0 Å². The van der Waals surface area contributed by atoms with E-state index in [9.17, 15) is 4.39 Å². The van der Waals surface area contributed by atoms with Gasteiger partial charge in [-0.25, -0.2) is 4.39 Å². The van der Waals surface area contributed by atoms with Crippen LogP contribution >= 0.6 is 0 Å². The molecule has 4 rings (SSSR count). The minimum atomic E-state index is -0.438. The summed E-state index contributed by atoms with van der Waals surface area (Å²) in [6.45, 7) is 4.32. The number of rotatable bonds is 1. The molecule has 114 valence electrons. The smallest absolute Gasteiger partial charge is 0.171 e. The first kappa shape index (κ1) is 13.6. The molecular formula is C16H20FNO3. The summed E-state index contributed by atoms with van der Waals surface area (Å²) < 4.78 is 31.0. The second-order valence-corrected chi connectivity index (χ2v) is 6.07. The van der Waals surface area contributed by atoms with Crippen molar-refractivity contribution < 1.29 is 18.6 Å². The summed E-state index contributed by atoms with van der Waals surface area (Å²) in [6.07, 6.45) is 1.71. The maximum atomic E-state index is 13.1. The Kier molecular flexibility index (Phi) is 3.26. The van der Waals surface area contributed by atoms with Gasteiger partial charge in [0.05, 0.1) is 13.2 Å². The average Bonchev–Trinajstić information content (AvgIpc) is 3.06. The summed E-state index contributed by atoms with van der Waals surface area (Å²) in [7, 11) is 0. The SMILES string of the molecule is CC1OC(c2ccc(F)cc2)C2CC3(CCN12)OCCO3. The fourth-order valence-corrected chi connectivity index (χ4v) is 3.83. The summed E-state index contributed by atoms with van der Waals surface area (Å²) in [5.41, 5.74) is 1.02. The standard InChI is InChI=1S/C16H20FNO3/c1-11-18-7-6-16(19-8-9-20-16)10-14(18)15(21-11)12-2-4-13(17)5-3-12/h2-5,11,14-15H,6-10H2,1H3. The summed E-state index contributed by atoms with van der Waals surface area (Å²) in [5.74, 6) is -0.656. The summed E-state index contributed by atoms with van der Waals surface area (Å²) in [5, 5.41) is 0. The van der Waals surface area contributed by atoms with Crippen molar-refractivity contribution in [1.29, 1.82) is 0 Å². The first-order valence-corrected chi connectivity index (χ1v) is 7.61. The van der Waals surface area contributed by atoms with Crippen LogP contribution in [-0.4, -0.2) is 42.7 Å². The van der Waals surface area contributed by atoms with Crippen LogP contribution in [0.2, 0.25) is 0 Å². The lowest BCUT2D eigenvalue weighted by molar-refractivity contribution is -0.195. The van der Waals surface area contributed by atoms with E-state index in [0.29, 0.717) is 13.2 Å². The first-order valence-electron chi connectivity index (χ1n) is 7.61. The Morgan fingerprint density at radius 2 is 1.90 bits per heavy atom. The van der Waals surface area contributed by atoms with Gasteiger partial charge in [0.1, 0.15) is 18.1 Å². The van der Waals surface area contributed by atoms with E-state index in [1.807, 2.05) is 12.1 Å². The van der Waals surface area contributed by atoms with Gasteiger partial charge in [-0.2, -0.15) is 0 Å². The Morgan fingerprint density at radius 1 is 1.19 bits per heavy atom. The zero-order valence-electron chi connectivity index (χ0n) is 12.1. The summed E-state index contributed by atoms with van der Waals surface area (Å²) >= 11 is 0. The number of ether oxygens (including phenoxy) is 3. The lowest BCUT2D eigenvalue weighted by Gasteiger charge is -2.41. The number of benzene rings is 1. The zero-order valence-corrected chi connectivity index (χ0v) is 12.1. The molecular weight excluding hydrogens is 273 g/mol. The van der Waals surface area contributed by atoms with Crippen molar-refractivity contribution in [1.82, 2.24) is 4.90 Å². The van der Waals surface area contributed by atoms with Gasteiger partial charge in [-0.3, -0.25) is 4.90 Å². The Hall–Kier alpha value is -1.01. The van der Waals surface area contributed by atoms with Gasteiger partial charge >= 0.3 is 0 Å². The van der Waals surface area contributed by atoms with Gasteiger partial charge in [0.25, 0.3) is 0 Å². The third-order valence-electron chi connectivity index (χ3n) is 4.87. The fourth-order valence-electron chi connectivity index (χ4n) is 3.83. The molecule has 1 aromatic rings. The van der Waals surface area contributed by atoms with Crippen LogP contribution in [0.3, 0.4) is 0 Å². The van der Waals surface area contributed by atoms with E-state index in [-0.39, 0.29) is 24.2 Å². The average molecular weight is 293 g/mol. The van der Waals surface area contributed by atoms with Crippen molar-refractivity contribution in [2.75, 3.05) is 19.8 Å². The van der Waals surface area contributed by atoms with E-state index in [4.69, 9.17) is 14.2 Å². The Bertz CT molecular complexity index is 515. The highest BCUT2D eigenvalue weighted by Gasteiger charge is 2.51. The van der Waals surface area contributed by atoms with Crippen LogP contribution in [-0.2, 0) is 14.2 Å². The fraction of sp³-hybridized carbons (Fsp3) is 0.625. The van der Waals surface area contributed by atoms with Crippen LogP contribution in [0.15, 0.2) is 24.3 Å². The predicted octanol–water partition coefficient (Wildman–Crippen LogP) is 2.45. The number of fused-ring (bicyclic) bond motifs is 1. The minimum Gasteiger partial charge on any atom is -0.354 e. The quantitative estimate of drug-likeness (QED) is 0.796. The number of hydrogen-bond acceptors (Lipinski definition) is 4. The third kappa shape index (κ3) is 2.28. The van der Waals surface area contributed by atoms with Crippen molar-refractivity contribution >= 4 is 0 Å². The number of piperidine rings is 1. The molecule has 0 amide bonds. The van der Waals surface area contributed by atoms with Crippen molar-refractivity contribution in [3.63, 3.8) is 0 Å². The van der Waals surface area contributed by atoms with Crippen LogP contribution in [0.25, 0.3) is 0 Å². The molecule has 3 saturated heterocycles. The summed E-state index contributed by atoms with van der Waals surface area (Å²) in [4.78, 5) is 2.37. The van der Waals surface area contributed by atoms with Crippen molar-refractivity contribution in [2.45, 2.75) is 43.9 Å². The van der Waals surface area contributed by atoms with Gasteiger partial charge in [0, 0.05) is 25.4 Å². The van der Waals surface area contributed by atoms with E-state index >= 15 is 0 Å². The molecule has 3 aliphatic heterocycles. The Labute approximate surface area is 123 Å².